The molecule has 11 heteroatoms. The fourth-order valence-electron chi connectivity index (χ4n) is 3.81. The smallest absolute Gasteiger partial charge is 0.344 e. The second kappa shape index (κ2) is 8.77. The van der Waals surface area contributed by atoms with E-state index in [0.29, 0.717) is 23.9 Å². The van der Waals surface area contributed by atoms with Crippen molar-refractivity contribution in [3.05, 3.63) is 82.7 Å². The second-order valence-electron chi connectivity index (χ2n) is 7.66. The highest BCUT2D eigenvalue weighted by atomic mass is 19.1. The maximum Gasteiger partial charge on any atom is 0.344 e. The van der Waals surface area contributed by atoms with E-state index in [1.165, 1.54) is 27.9 Å². The number of nitrogens with one attached hydrogen (secondary N) is 1. The summed E-state index contributed by atoms with van der Waals surface area (Å²) in [5.74, 6) is -0.868. The van der Waals surface area contributed by atoms with Crippen molar-refractivity contribution in [3.63, 3.8) is 0 Å². The number of rotatable bonds is 3. The molecule has 172 valence electrons. The van der Waals surface area contributed by atoms with Gasteiger partial charge in [-0.25, -0.2) is 14.3 Å². The minimum atomic E-state index is -0.688. The van der Waals surface area contributed by atoms with Crippen LogP contribution in [0.2, 0.25) is 0 Å². The summed E-state index contributed by atoms with van der Waals surface area (Å²) in [4.78, 5) is 40.5. The zero-order chi connectivity index (χ0) is 23.7. The molecule has 0 unspecified atom stereocenters. The third-order valence-corrected chi connectivity index (χ3v) is 5.58. The number of benzene rings is 2. The largest absolute Gasteiger partial charge is 0.437 e. The predicted molar refractivity (Wildman–Crippen MR) is 119 cm³/mol. The number of halogens is 1. The normalized spacial score (nSPS) is 13.8. The number of ether oxygens (including phenoxy) is 1. The summed E-state index contributed by atoms with van der Waals surface area (Å²) >= 11 is 0. The first-order chi connectivity index (χ1) is 16.5. The van der Waals surface area contributed by atoms with Gasteiger partial charge in [0.25, 0.3) is 11.5 Å². The molecular formula is C23H19FN6O4. The van der Waals surface area contributed by atoms with Crippen LogP contribution < -0.4 is 10.3 Å². The van der Waals surface area contributed by atoms with Gasteiger partial charge in [0.2, 0.25) is 5.88 Å². The van der Waals surface area contributed by atoms with Crippen molar-refractivity contribution < 1.29 is 18.7 Å². The van der Waals surface area contributed by atoms with Gasteiger partial charge in [-0.3, -0.25) is 9.59 Å². The third-order valence-electron chi connectivity index (χ3n) is 5.58. The molecule has 0 spiro atoms. The number of aromatic nitrogens is 4. The molecule has 2 aromatic heterocycles. The summed E-state index contributed by atoms with van der Waals surface area (Å²) in [5, 5.41) is 11.1. The molecule has 0 bridgehead atoms. The minimum Gasteiger partial charge on any atom is -0.437 e. The van der Waals surface area contributed by atoms with Crippen molar-refractivity contribution >= 4 is 22.7 Å². The van der Waals surface area contributed by atoms with E-state index >= 15 is 0 Å². The predicted octanol–water partition coefficient (Wildman–Crippen LogP) is 2.48. The Kier molecular flexibility index (Phi) is 5.50. The molecule has 1 fully saturated rings. The van der Waals surface area contributed by atoms with Crippen molar-refractivity contribution in [1.29, 1.82) is 0 Å². The lowest BCUT2D eigenvalue weighted by atomic mass is 10.1. The highest BCUT2D eigenvalue weighted by Crippen LogP contribution is 2.27. The number of piperazine rings is 1. The van der Waals surface area contributed by atoms with Crippen LogP contribution in [0, 0.1) is 5.82 Å². The average molecular weight is 462 g/mol. The van der Waals surface area contributed by atoms with Crippen LogP contribution in [0.3, 0.4) is 0 Å². The van der Waals surface area contributed by atoms with E-state index in [0.717, 1.165) is 6.07 Å². The fourth-order valence-corrected chi connectivity index (χ4v) is 3.81. The van der Waals surface area contributed by atoms with Crippen LogP contribution in [0.25, 0.3) is 10.8 Å². The number of aromatic amines is 1. The van der Waals surface area contributed by atoms with E-state index in [-0.39, 0.29) is 41.9 Å². The lowest BCUT2D eigenvalue weighted by molar-refractivity contribution is 0.0659. The van der Waals surface area contributed by atoms with Gasteiger partial charge >= 0.3 is 6.03 Å². The summed E-state index contributed by atoms with van der Waals surface area (Å²) in [6, 6.07) is 12.0. The minimum absolute atomic E-state index is 0.131. The van der Waals surface area contributed by atoms with Gasteiger partial charge in [0.1, 0.15) is 11.6 Å². The van der Waals surface area contributed by atoms with Crippen LogP contribution >= 0.6 is 0 Å². The highest BCUT2D eigenvalue weighted by Gasteiger charge is 2.27. The summed E-state index contributed by atoms with van der Waals surface area (Å²) in [6.07, 6.45) is 3.07. The Morgan fingerprint density at radius 2 is 1.71 bits per heavy atom. The zero-order valence-electron chi connectivity index (χ0n) is 17.8. The Morgan fingerprint density at radius 1 is 0.971 bits per heavy atom. The van der Waals surface area contributed by atoms with Crippen LogP contribution in [0.1, 0.15) is 10.4 Å². The van der Waals surface area contributed by atoms with Crippen molar-refractivity contribution in [3.8, 4) is 11.6 Å². The van der Waals surface area contributed by atoms with E-state index in [9.17, 15) is 18.8 Å². The number of nitrogens with zero attached hydrogens (tertiary/aromatic N) is 5. The summed E-state index contributed by atoms with van der Waals surface area (Å²) in [7, 11) is 0. The lowest BCUT2D eigenvalue weighted by Crippen LogP contribution is -2.51. The third kappa shape index (κ3) is 3.98. The van der Waals surface area contributed by atoms with Gasteiger partial charge in [0.05, 0.1) is 16.3 Å². The van der Waals surface area contributed by atoms with E-state index in [1.54, 1.807) is 41.4 Å². The lowest BCUT2D eigenvalue weighted by Gasteiger charge is -2.34. The maximum absolute atomic E-state index is 14.6. The first kappa shape index (κ1) is 21.3. The van der Waals surface area contributed by atoms with Crippen LogP contribution in [-0.4, -0.2) is 67.9 Å². The number of carbonyl (C=O) groups is 2. The SMILES string of the molecule is O=C(c1cc(Oc2n[nH]c(=O)c3ccccc23)ccc1F)N1CCN(C(=O)n2cccn2)CC1. The molecule has 0 radical (unpaired) electrons. The molecule has 1 aliphatic heterocycles. The Morgan fingerprint density at radius 3 is 2.44 bits per heavy atom. The van der Waals surface area contributed by atoms with E-state index < -0.39 is 11.7 Å². The number of H-pyrrole nitrogens is 1. The summed E-state index contributed by atoms with van der Waals surface area (Å²) < 4.78 is 21.6. The van der Waals surface area contributed by atoms with Crippen molar-refractivity contribution in [2.45, 2.75) is 0 Å². The molecule has 0 aliphatic carbocycles. The molecular weight excluding hydrogens is 443 g/mol. The molecule has 34 heavy (non-hydrogen) atoms. The molecule has 10 nitrogen and oxygen atoms in total. The Hall–Kier alpha value is -4.54. The molecule has 3 heterocycles. The molecule has 2 aromatic carbocycles. The molecule has 0 atom stereocenters. The molecule has 5 rings (SSSR count). The van der Waals surface area contributed by atoms with E-state index in [1.807, 2.05) is 0 Å². The average Bonchev–Trinajstić information content (AvgIpc) is 3.41. The number of fused-ring (bicyclic) bond motifs is 1. The Bertz CT molecular complexity index is 1430. The van der Waals surface area contributed by atoms with Gasteiger partial charge in [0.15, 0.2) is 0 Å². The number of hydrogen-bond donors (Lipinski definition) is 1. The standard InChI is InChI=1S/C23H19FN6O4/c24-19-7-6-15(34-21-17-5-2-1-4-16(17)20(31)26-27-21)14-18(19)22(32)28-10-12-29(13-11-28)23(33)30-9-3-8-25-30/h1-9,14H,10-13H2,(H,26,31). The number of carbonyl (C=O) groups excluding carboxylic acids is 2. The molecule has 0 saturated carbocycles. The van der Waals surface area contributed by atoms with Gasteiger partial charge < -0.3 is 14.5 Å². The number of hydrogen-bond acceptors (Lipinski definition) is 6. The van der Waals surface area contributed by atoms with E-state index in [4.69, 9.17) is 4.74 Å². The van der Waals surface area contributed by atoms with Gasteiger partial charge in [-0.1, -0.05) is 12.1 Å². The highest BCUT2D eigenvalue weighted by molar-refractivity contribution is 5.95. The molecule has 1 aliphatic rings. The summed E-state index contributed by atoms with van der Waals surface area (Å²) in [6.45, 7) is 1.11. The Labute approximate surface area is 192 Å². The second-order valence-corrected chi connectivity index (χ2v) is 7.66. The fraction of sp³-hybridized carbons (Fsp3) is 0.174. The Balaban J connectivity index is 1.33. The molecule has 4 aromatic rings. The van der Waals surface area contributed by atoms with E-state index in [2.05, 4.69) is 15.3 Å². The van der Waals surface area contributed by atoms with Crippen LogP contribution in [0.15, 0.2) is 65.7 Å². The van der Waals surface area contributed by atoms with Gasteiger partial charge in [0, 0.05) is 38.6 Å². The van der Waals surface area contributed by atoms with Crippen LogP contribution in [0.4, 0.5) is 9.18 Å². The molecule has 1 saturated heterocycles. The first-order valence-electron chi connectivity index (χ1n) is 10.5. The van der Waals surface area contributed by atoms with Crippen molar-refractivity contribution in [1.82, 2.24) is 29.8 Å². The van der Waals surface area contributed by atoms with Gasteiger partial charge in [-0.15, -0.1) is 5.10 Å². The quantitative estimate of drug-likeness (QED) is 0.501. The summed E-state index contributed by atoms with van der Waals surface area (Å²) in [5.41, 5.74) is -0.513. The topological polar surface area (TPSA) is 113 Å². The monoisotopic (exact) mass is 462 g/mol. The van der Waals surface area contributed by atoms with Gasteiger partial charge in [-0.05, 0) is 36.4 Å². The van der Waals surface area contributed by atoms with Crippen molar-refractivity contribution in [2.75, 3.05) is 26.2 Å². The van der Waals surface area contributed by atoms with Gasteiger partial charge in [-0.2, -0.15) is 9.78 Å². The van der Waals surface area contributed by atoms with Crippen LogP contribution in [-0.2, 0) is 0 Å². The van der Waals surface area contributed by atoms with Crippen molar-refractivity contribution in [2.24, 2.45) is 0 Å². The van der Waals surface area contributed by atoms with Crippen LogP contribution in [0.5, 0.6) is 11.6 Å². The molecule has 1 N–H and O–H groups in total. The zero-order valence-corrected chi connectivity index (χ0v) is 17.8. The number of amides is 2. The first-order valence-corrected chi connectivity index (χ1v) is 10.5. The molecule has 2 amide bonds. The maximum atomic E-state index is 14.6.